The molecule has 9 heteroatoms. The highest BCUT2D eigenvalue weighted by Gasteiger charge is 2.50. The van der Waals surface area contributed by atoms with Crippen LogP contribution in [0.3, 0.4) is 0 Å². The number of benzene rings is 1. The number of anilines is 1. The summed E-state index contributed by atoms with van der Waals surface area (Å²) in [6.07, 6.45) is 5.33. The molecule has 1 saturated carbocycles. The SMILES string of the molecule is C[N+]1(CC(=O)Nc2ccon2)CC[C@@H](OC(=O)C(O)(c2ccccc2)C2CCCC2)C1.[Br-]. The van der Waals surface area contributed by atoms with E-state index in [1.54, 1.807) is 18.2 Å². The first kappa shape index (κ1) is 24.4. The van der Waals surface area contributed by atoms with Crippen molar-refractivity contribution in [3.05, 3.63) is 48.2 Å². The second-order valence-electron chi connectivity index (χ2n) is 9.05. The van der Waals surface area contributed by atoms with Gasteiger partial charge in [-0.05, 0) is 18.4 Å². The van der Waals surface area contributed by atoms with Crippen molar-refractivity contribution in [2.75, 3.05) is 32.0 Å². The van der Waals surface area contributed by atoms with Crippen molar-refractivity contribution in [3.63, 3.8) is 0 Å². The highest BCUT2D eigenvalue weighted by molar-refractivity contribution is 5.90. The van der Waals surface area contributed by atoms with E-state index in [4.69, 9.17) is 9.26 Å². The van der Waals surface area contributed by atoms with E-state index >= 15 is 0 Å². The third-order valence-electron chi connectivity index (χ3n) is 6.61. The normalized spacial score (nSPS) is 25.0. The molecule has 174 valence electrons. The summed E-state index contributed by atoms with van der Waals surface area (Å²) in [6, 6.07) is 10.7. The number of hydrogen-bond acceptors (Lipinski definition) is 6. The standard InChI is InChI=1S/C23H29N3O5.BrH/c1-26(16-21(27)24-20-12-14-30-25-20)13-11-19(15-26)31-22(28)23(29,18-9-5-6-10-18)17-7-3-2-4-8-17;/h2-4,7-8,12,14,18-19,29H,5-6,9-11,13,15-16H2,1H3;1H/t19-,23?,26?;/m1./s1. The molecule has 2 unspecified atom stereocenters. The van der Waals surface area contributed by atoms with Crippen LogP contribution in [-0.4, -0.2) is 59.4 Å². The molecule has 8 nitrogen and oxygen atoms in total. The number of nitrogens with one attached hydrogen (secondary N) is 1. The molecular formula is C23H30BrN3O5. The Hall–Kier alpha value is -2.23. The van der Waals surface area contributed by atoms with Crippen LogP contribution in [-0.2, 0) is 19.9 Å². The zero-order valence-electron chi connectivity index (χ0n) is 18.2. The van der Waals surface area contributed by atoms with Crippen molar-refractivity contribution in [3.8, 4) is 0 Å². The predicted octanol–water partition coefficient (Wildman–Crippen LogP) is -0.543. The maximum Gasteiger partial charge on any atom is 0.343 e. The number of quaternary nitrogens is 1. The van der Waals surface area contributed by atoms with Gasteiger partial charge in [0.05, 0.1) is 13.6 Å². The molecule has 3 atom stereocenters. The van der Waals surface area contributed by atoms with Gasteiger partial charge in [0.15, 0.2) is 24.1 Å². The molecule has 2 heterocycles. The molecule has 32 heavy (non-hydrogen) atoms. The summed E-state index contributed by atoms with van der Waals surface area (Å²) in [5.74, 6) is -0.507. The number of aromatic nitrogens is 1. The van der Waals surface area contributed by atoms with Gasteiger partial charge in [0.1, 0.15) is 12.8 Å². The van der Waals surface area contributed by atoms with Gasteiger partial charge in [0.2, 0.25) is 0 Å². The van der Waals surface area contributed by atoms with Crippen LogP contribution in [0, 0.1) is 5.92 Å². The lowest BCUT2D eigenvalue weighted by atomic mass is 9.80. The Balaban J connectivity index is 0.00000289. The third-order valence-corrected chi connectivity index (χ3v) is 6.61. The summed E-state index contributed by atoms with van der Waals surface area (Å²) in [5.41, 5.74) is -1.04. The molecule has 2 N–H and O–H groups in total. The Morgan fingerprint density at radius 3 is 2.59 bits per heavy atom. The largest absolute Gasteiger partial charge is 1.00 e. The Morgan fingerprint density at radius 2 is 1.94 bits per heavy atom. The fourth-order valence-electron chi connectivity index (χ4n) is 4.97. The van der Waals surface area contributed by atoms with Crippen molar-refractivity contribution in [2.24, 2.45) is 5.92 Å². The van der Waals surface area contributed by atoms with E-state index in [0.29, 0.717) is 35.4 Å². The molecular weight excluding hydrogens is 478 g/mol. The number of likely N-dealkylation sites (tertiary alicyclic amines) is 1. The number of amides is 1. The molecule has 1 aromatic carbocycles. The summed E-state index contributed by atoms with van der Waals surface area (Å²) in [7, 11) is 1.97. The topological polar surface area (TPSA) is 102 Å². The summed E-state index contributed by atoms with van der Waals surface area (Å²) in [6.45, 7) is 1.47. The number of esters is 1. The van der Waals surface area contributed by atoms with Crippen molar-refractivity contribution >= 4 is 17.7 Å². The van der Waals surface area contributed by atoms with Gasteiger partial charge in [-0.3, -0.25) is 4.79 Å². The minimum Gasteiger partial charge on any atom is -1.00 e. The number of carbonyl (C=O) groups excluding carboxylic acids is 2. The van der Waals surface area contributed by atoms with E-state index < -0.39 is 11.6 Å². The summed E-state index contributed by atoms with van der Waals surface area (Å²) in [4.78, 5) is 25.6. The molecule has 1 saturated heterocycles. The molecule has 4 rings (SSSR count). The lowest BCUT2D eigenvalue weighted by molar-refractivity contribution is -0.890. The highest BCUT2D eigenvalue weighted by Crippen LogP contribution is 2.42. The number of ether oxygens (including phenoxy) is 1. The molecule has 0 spiro atoms. The number of rotatable bonds is 7. The molecule has 1 aliphatic heterocycles. The molecule has 2 aliphatic rings. The van der Waals surface area contributed by atoms with Gasteiger partial charge in [-0.25, -0.2) is 4.79 Å². The number of nitrogens with zero attached hydrogens (tertiary/aromatic N) is 2. The van der Waals surface area contributed by atoms with Crippen LogP contribution in [0.1, 0.15) is 37.7 Å². The first-order valence-corrected chi connectivity index (χ1v) is 10.9. The predicted molar refractivity (Wildman–Crippen MR) is 113 cm³/mol. The lowest BCUT2D eigenvalue weighted by Gasteiger charge is -2.33. The Kier molecular flexibility index (Phi) is 7.74. The first-order valence-electron chi connectivity index (χ1n) is 10.9. The second-order valence-corrected chi connectivity index (χ2v) is 9.05. The van der Waals surface area contributed by atoms with Crippen LogP contribution < -0.4 is 22.3 Å². The van der Waals surface area contributed by atoms with Crippen LogP contribution in [0.4, 0.5) is 5.82 Å². The molecule has 0 radical (unpaired) electrons. The molecule has 2 aromatic rings. The smallest absolute Gasteiger partial charge is 0.343 e. The van der Waals surface area contributed by atoms with E-state index in [9.17, 15) is 14.7 Å². The van der Waals surface area contributed by atoms with Crippen molar-refractivity contribution in [1.82, 2.24) is 5.16 Å². The maximum atomic E-state index is 13.3. The van der Waals surface area contributed by atoms with Gasteiger partial charge in [-0.15, -0.1) is 0 Å². The fraction of sp³-hybridized carbons (Fsp3) is 0.522. The monoisotopic (exact) mass is 507 g/mol. The number of hydrogen-bond donors (Lipinski definition) is 2. The van der Waals surface area contributed by atoms with E-state index in [-0.39, 0.29) is 41.5 Å². The second kappa shape index (κ2) is 10.1. The van der Waals surface area contributed by atoms with Crippen LogP contribution in [0.2, 0.25) is 0 Å². The van der Waals surface area contributed by atoms with Crippen LogP contribution in [0.5, 0.6) is 0 Å². The molecule has 0 bridgehead atoms. The van der Waals surface area contributed by atoms with E-state index in [1.807, 2.05) is 25.2 Å². The van der Waals surface area contributed by atoms with Crippen molar-refractivity contribution in [2.45, 2.75) is 43.8 Å². The van der Waals surface area contributed by atoms with Gasteiger partial charge in [0, 0.05) is 18.4 Å². The highest BCUT2D eigenvalue weighted by atomic mass is 79.9. The molecule has 1 amide bonds. The minimum atomic E-state index is -1.63. The number of aliphatic hydroxyl groups is 1. The van der Waals surface area contributed by atoms with Crippen molar-refractivity contribution < 1.29 is 45.4 Å². The van der Waals surface area contributed by atoms with Gasteiger partial charge >= 0.3 is 5.97 Å². The van der Waals surface area contributed by atoms with Crippen molar-refractivity contribution in [1.29, 1.82) is 0 Å². The number of carbonyl (C=O) groups is 2. The Bertz CT molecular complexity index is 904. The Labute approximate surface area is 198 Å². The molecule has 2 fully saturated rings. The van der Waals surface area contributed by atoms with E-state index in [1.165, 1.54) is 6.26 Å². The zero-order chi connectivity index (χ0) is 21.9. The van der Waals surface area contributed by atoms with Crippen LogP contribution in [0.15, 0.2) is 47.2 Å². The van der Waals surface area contributed by atoms with Crippen LogP contribution in [0.25, 0.3) is 0 Å². The average Bonchev–Trinajstić information content (AvgIpc) is 3.51. The quantitative estimate of drug-likeness (QED) is 0.385. The third kappa shape index (κ3) is 5.22. The van der Waals surface area contributed by atoms with E-state index in [2.05, 4.69) is 10.5 Å². The van der Waals surface area contributed by atoms with Gasteiger partial charge < -0.3 is 41.1 Å². The van der Waals surface area contributed by atoms with Gasteiger partial charge in [0.25, 0.3) is 5.91 Å². The van der Waals surface area contributed by atoms with E-state index in [0.717, 1.165) is 25.7 Å². The summed E-state index contributed by atoms with van der Waals surface area (Å²) < 4.78 is 11.0. The zero-order valence-corrected chi connectivity index (χ0v) is 19.8. The maximum absolute atomic E-state index is 13.3. The average molecular weight is 508 g/mol. The summed E-state index contributed by atoms with van der Waals surface area (Å²) >= 11 is 0. The Morgan fingerprint density at radius 1 is 1.22 bits per heavy atom. The number of likely N-dealkylation sites (N-methyl/N-ethyl adjacent to an activating group) is 1. The van der Waals surface area contributed by atoms with Crippen LogP contribution >= 0.6 is 0 Å². The lowest BCUT2D eigenvalue weighted by Crippen LogP contribution is -3.00. The minimum absolute atomic E-state index is 0. The molecule has 1 aromatic heterocycles. The van der Waals surface area contributed by atoms with Gasteiger partial charge in [-0.2, -0.15) is 0 Å². The summed E-state index contributed by atoms with van der Waals surface area (Å²) in [5, 5.41) is 18.0. The first-order chi connectivity index (χ1) is 14.9. The molecule has 1 aliphatic carbocycles. The fourth-order valence-corrected chi connectivity index (χ4v) is 4.97. The van der Waals surface area contributed by atoms with Gasteiger partial charge in [-0.1, -0.05) is 48.3 Å². The number of halogens is 1.